The van der Waals surface area contributed by atoms with Crippen LogP contribution in [0.2, 0.25) is 10.0 Å². The molecule has 1 aromatic heterocycles. The highest BCUT2D eigenvalue weighted by Gasteiger charge is 2.14. The predicted molar refractivity (Wildman–Crippen MR) is 87.5 cm³/mol. The number of benzene rings is 1. The van der Waals surface area contributed by atoms with Gasteiger partial charge in [0.1, 0.15) is 5.82 Å². The van der Waals surface area contributed by atoms with Crippen molar-refractivity contribution in [3.63, 3.8) is 0 Å². The smallest absolute Gasteiger partial charge is 0.110 e. The molecule has 0 aliphatic rings. The van der Waals surface area contributed by atoms with Gasteiger partial charge in [0.2, 0.25) is 0 Å². The van der Waals surface area contributed by atoms with Crippen molar-refractivity contribution in [1.82, 2.24) is 15.0 Å². The molecule has 4 nitrogen and oxygen atoms in total. The van der Waals surface area contributed by atoms with E-state index in [2.05, 4.69) is 21.9 Å². The third-order valence-electron chi connectivity index (χ3n) is 3.41. The zero-order valence-corrected chi connectivity index (χ0v) is 13.5. The highest BCUT2D eigenvalue weighted by atomic mass is 35.5. The first-order valence-electron chi connectivity index (χ1n) is 7.04. The van der Waals surface area contributed by atoms with Crippen LogP contribution in [0.1, 0.15) is 24.7 Å². The summed E-state index contributed by atoms with van der Waals surface area (Å²) in [6, 6.07) is 5.60. The highest BCUT2D eigenvalue weighted by Crippen LogP contribution is 2.22. The van der Waals surface area contributed by atoms with Crippen molar-refractivity contribution in [2.75, 3.05) is 0 Å². The first kappa shape index (κ1) is 16.3. The number of aromatic nitrogens is 2. The molecule has 1 heterocycles. The number of nitrogens with one attached hydrogen (secondary N) is 1. The highest BCUT2D eigenvalue weighted by molar-refractivity contribution is 6.35. The average Bonchev–Trinajstić information content (AvgIpc) is 2.88. The van der Waals surface area contributed by atoms with E-state index in [1.54, 1.807) is 6.07 Å². The molecule has 0 bridgehead atoms. The lowest BCUT2D eigenvalue weighted by Crippen LogP contribution is -2.39. The van der Waals surface area contributed by atoms with Gasteiger partial charge in [-0.05, 0) is 30.5 Å². The van der Waals surface area contributed by atoms with Crippen molar-refractivity contribution in [3.8, 4) is 0 Å². The fourth-order valence-corrected chi connectivity index (χ4v) is 2.82. The molecule has 2 aromatic rings. The molecule has 21 heavy (non-hydrogen) atoms. The number of aryl methyl sites for hydroxylation is 1. The van der Waals surface area contributed by atoms with Gasteiger partial charge in [0.15, 0.2) is 0 Å². The zero-order valence-electron chi connectivity index (χ0n) is 12.0. The number of imidazole rings is 1. The minimum atomic E-state index is 0.0710. The van der Waals surface area contributed by atoms with Crippen molar-refractivity contribution in [2.24, 2.45) is 5.84 Å². The third kappa shape index (κ3) is 4.45. The number of hydrogen-bond acceptors (Lipinski definition) is 3. The van der Waals surface area contributed by atoms with Gasteiger partial charge >= 0.3 is 0 Å². The molecule has 0 aliphatic heterocycles. The van der Waals surface area contributed by atoms with Gasteiger partial charge in [0.25, 0.3) is 0 Å². The summed E-state index contributed by atoms with van der Waals surface area (Å²) in [5, 5.41) is 1.30. The number of hydrogen-bond donors (Lipinski definition) is 2. The van der Waals surface area contributed by atoms with Gasteiger partial charge in [-0.2, -0.15) is 0 Å². The van der Waals surface area contributed by atoms with Gasteiger partial charge in [-0.3, -0.25) is 11.3 Å². The number of nitrogens with zero attached hydrogens (tertiary/aromatic N) is 2. The SMILES string of the molecule is CCCn1ccnc1CC(Cc1ccc(Cl)cc1Cl)NN. The van der Waals surface area contributed by atoms with Crippen molar-refractivity contribution in [2.45, 2.75) is 38.8 Å². The second kappa shape index (κ2) is 7.80. The number of hydrazine groups is 1. The Bertz CT molecular complexity index is 583. The summed E-state index contributed by atoms with van der Waals surface area (Å²) < 4.78 is 2.16. The molecule has 0 saturated heterocycles. The Morgan fingerprint density at radius 1 is 1.33 bits per heavy atom. The predicted octanol–water partition coefficient (Wildman–Crippen LogP) is 3.22. The summed E-state index contributed by atoms with van der Waals surface area (Å²) >= 11 is 12.1. The number of halogens is 2. The number of nitrogens with two attached hydrogens (primary N) is 1. The van der Waals surface area contributed by atoms with Crippen molar-refractivity contribution < 1.29 is 0 Å². The first-order chi connectivity index (χ1) is 10.1. The zero-order chi connectivity index (χ0) is 15.2. The molecule has 0 fully saturated rings. The summed E-state index contributed by atoms with van der Waals surface area (Å²) in [6.45, 7) is 3.12. The van der Waals surface area contributed by atoms with E-state index < -0.39 is 0 Å². The fourth-order valence-electron chi connectivity index (χ4n) is 2.34. The Labute approximate surface area is 135 Å². The van der Waals surface area contributed by atoms with Crippen LogP contribution in [-0.4, -0.2) is 15.6 Å². The van der Waals surface area contributed by atoms with E-state index in [1.807, 2.05) is 24.5 Å². The Hall–Kier alpha value is -1.07. The molecule has 1 atom stereocenters. The largest absolute Gasteiger partial charge is 0.335 e. The molecule has 0 amide bonds. The Kier molecular flexibility index (Phi) is 6.06. The van der Waals surface area contributed by atoms with Gasteiger partial charge in [-0.25, -0.2) is 4.98 Å². The molecule has 2 rings (SSSR count). The van der Waals surface area contributed by atoms with E-state index in [-0.39, 0.29) is 6.04 Å². The quantitative estimate of drug-likeness (QED) is 0.606. The van der Waals surface area contributed by atoms with Crippen LogP contribution in [0.4, 0.5) is 0 Å². The molecule has 0 spiro atoms. The molecular weight excluding hydrogens is 307 g/mol. The van der Waals surface area contributed by atoms with Gasteiger partial charge in [0.05, 0.1) is 0 Å². The van der Waals surface area contributed by atoms with Crippen molar-refractivity contribution >= 4 is 23.2 Å². The van der Waals surface area contributed by atoms with Crippen LogP contribution in [-0.2, 0) is 19.4 Å². The average molecular weight is 327 g/mol. The normalized spacial score (nSPS) is 12.6. The van der Waals surface area contributed by atoms with Crippen LogP contribution >= 0.6 is 23.2 Å². The Balaban J connectivity index is 2.07. The minimum absolute atomic E-state index is 0.0710. The van der Waals surface area contributed by atoms with Gasteiger partial charge in [-0.15, -0.1) is 0 Å². The van der Waals surface area contributed by atoms with Crippen LogP contribution in [0.5, 0.6) is 0 Å². The van der Waals surface area contributed by atoms with Crippen LogP contribution < -0.4 is 11.3 Å². The number of rotatable bonds is 7. The summed E-state index contributed by atoms with van der Waals surface area (Å²) in [5.74, 6) is 6.72. The second-order valence-electron chi connectivity index (χ2n) is 5.04. The summed E-state index contributed by atoms with van der Waals surface area (Å²) in [7, 11) is 0. The first-order valence-corrected chi connectivity index (χ1v) is 7.79. The topological polar surface area (TPSA) is 55.9 Å². The maximum Gasteiger partial charge on any atom is 0.110 e. The standard InChI is InChI=1S/C15H20Cl2N4/c1-2-6-21-7-5-19-15(21)10-13(20-18)8-11-3-4-12(16)9-14(11)17/h3-5,7,9,13,20H,2,6,8,10,18H2,1H3. The lowest BCUT2D eigenvalue weighted by Gasteiger charge is -2.17. The summed E-state index contributed by atoms with van der Waals surface area (Å²) in [5.41, 5.74) is 3.88. The van der Waals surface area contributed by atoms with E-state index in [9.17, 15) is 0 Å². The van der Waals surface area contributed by atoms with Gasteiger partial charge in [0, 0.05) is 41.4 Å². The van der Waals surface area contributed by atoms with E-state index in [1.165, 1.54) is 0 Å². The molecule has 3 N–H and O–H groups in total. The Morgan fingerprint density at radius 3 is 2.81 bits per heavy atom. The van der Waals surface area contributed by atoms with Crippen molar-refractivity contribution in [3.05, 3.63) is 52.0 Å². The monoisotopic (exact) mass is 326 g/mol. The second-order valence-corrected chi connectivity index (χ2v) is 5.89. The van der Waals surface area contributed by atoms with E-state index in [4.69, 9.17) is 29.0 Å². The molecule has 1 unspecified atom stereocenters. The van der Waals surface area contributed by atoms with E-state index >= 15 is 0 Å². The lowest BCUT2D eigenvalue weighted by molar-refractivity contribution is 0.495. The molecule has 0 aliphatic carbocycles. The van der Waals surface area contributed by atoms with Crippen molar-refractivity contribution in [1.29, 1.82) is 0 Å². The Morgan fingerprint density at radius 2 is 2.14 bits per heavy atom. The molecule has 1 aromatic carbocycles. The molecule has 114 valence electrons. The van der Waals surface area contributed by atoms with E-state index in [0.717, 1.165) is 37.2 Å². The van der Waals surface area contributed by atoms with Gasteiger partial charge in [-0.1, -0.05) is 36.2 Å². The maximum atomic E-state index is 6.22. The molecule has 0 saturated carbocycles. The molecule has 0 radical (unpaired) electrons. The third-order valence-corrected chi connectivity index (χ3v) is 4.00. The van der Waals surface area contributed by atoms with E-state index in [0.29, 0.717) is 10.0 Å². The minimum Gasteiger partial charge on any atom is -0.335 e. The van der Waals surface area contributed by atoms with Crippen LogP contribution in [0.25, 0.3) is 0 Å². The van der Waals surface area contributed by atoms with Crippen LogP contribution in [0.3, 0.4) is 0 Å². The molecular formula is C15H20Cl2N4. The van der Waals surface area contributed by atoms with Crippen LogP contribution in [0, 0.1) is 0 Å². The van der Waals surface area contributed by atoms with Gasteiger partial charge < -0.3 is 4.57 Å². The maximum absolute atomic E-state index is 6.22. The van der Waals surface area contributed by atoms with Crippen LogP contribution in [0.15, 0.2) is 30.6 Å². The lowest BCUT2D eigenvalue weighted by atomic mass is 10.0. The summed E-state index contributed by atoms with van der Waals surface area (Å²) in [4.78, 5) is 4.41. The molecule has 6 heteroatoms. The fraction of sp³-hybridized carbons (Fsp3) is 0.400. The summed E-state index contributed by atoms with van der Waals surface area (Å²) in [6.07, 6.45) is 6.39.